The van der Waals surface area contributed by atoms with E-state index in [0.29, 0.717) is 0 Å². The van der Waals surface area contributed by atoms with Gasteiger partial charge in [0.15, 0.2) is 0 Å². The van der Waals surface area contributed by atoms with Gasteiger partial charge in [-0.15, -0.1) is 11.3 Å². The Hall–Kier alpha value is -2.21. The lowest BCUT2D eigenvalue weighted by atomic mass is 10.1. The minimum atomic E-state index is 0.0151. The van der Waals surface area contributed by atoms with Gasteiger partial charge in [0.05, 0.1) is 24.1 Å². The summed E-state index contributed by atoms with van der Waals surface area (Å²) in [5.41, 5.74) is 0.849. The topological polar surface area (TPSA) is 58.1 Å². The zero-order valence-electron chi connectivity index (χ0n) is 12.4. The number of carbonyl (C=O) groups is 1. The summed E-state index contributed by atoms with van der Waals surface area (Å²) in [4.78, 5) is 24.2. The first-order chi connectivity index (χ1) is 10.8. The lowest BCUT2D eigenvalue weighted by Crippen LogP contribution is -2.29. The summed E-state index contributed by atoms with van der Waals surface area (Å²) in [6.07, 6.45) is 8.88. The van der Waals surface area contributed by atoms with E-state index in [1.165, 1.54) is 0 Å². The zero-order chi connectivity index (χ0) is 15.4. The van der Waals surface area contributed by atoms with Crippen molar-refractivity contribution in [3.8, 4) is 0 Å². The van der Waals surface area contributed by atoms with E-state index in [0.717, 1.165) is 35.8 Å². The lowest BCUT2D eigenvalue weighted by Gasteiger charge is -2.23. The molecular formula is C16H18N4OS. The van der Waals surface area contributed by atoms with Crippen LogP contribution in [0.25, 0.3) is 6.08 Å². The van der Waals surface area contributed by atoms with E-state index in [-0.39, 0.29) is 11.9 Å². The summed E-state index contributed by atoms with van der Waals surface area (Å²) in [5.74, 6) is 0.762. The first kappa shape index (κ1) is 14.7. The van der Waals surface area contributed by atoms with E-state index in [1.54, 1.807) is 29.8 Å². The maximum absolute atomic E-state index is 12.5. The summed E-state index contributed by atoms with van der Waals surface area (Å²) in [6, 6.07) is 3.99. The van der Waals surface area contributed by atoms with Crippen LogP contribution in [0.5, 0.6) is 0 Å². The van der Waals surface area contributed by atoms with Gasteiger partial charge < -0.3 is 10.2 Å². The van der Waals surface area contributed by atoms with Crippen molar-refractivity contribution in [2.45, 2.75) is 18.9 Å². The molecule has 0 radical (unpaired) electrons. The third-order valence-corrected chi connectivity index (χ3v) is 4.56. The molecular weight excluding hydrogens is 296 g/mol. The van der Waals surface area contributed by atoms with Crippen LogP contribution < -0.4 is 5.32 Å². The van der Waals surface area contributed by atoms with Crippen molar-refractivity contribution in [1.29, 1.82) is 0 Å². The summed E-state index contributed by atoms with van der Waals surface area (Å²) in [7, 11) is 1.81. The Bertz CT molecular complexity index is 669. The Morgan fingerprint density at radius 1 is 1.50 bits per heavy atom. The van der Waals surface area contributed by atoms with E-state index >= 15 is 0 Å². The van der Waals surface area contributed by atoms with Gasteiger partial charge in [-0.3, -0.25) is 9.78 Å². The molecule has 1 fully saturated rings. The van der Waals surface area contributed by atoms with Crippen LogP contribution in [0.1, 0.15) is 29.5 Å². The summed E-state index contributed by atoms with van der Waals surface area (Å²) >= 11 is 1.62. The Kier molecular flexibility index (Phi) is 4.48. The highest BCUT2D eigenvalue weighted by molar-refractivity contribution is 7.10. The molecule has 0 saturated carbocycles. The van der Waals surface area contributed by atoms with Crippen LogP contribution >= 0.6 is 11.3 Å². The number of likely N-dealkylation sites (tertiary alicyclic amines) is 1. The van der Waals surface area contributed by atoms with Gasteiger partial charge in [-0.1, -0.05) is 6.07 Å². The second-order valence-electron chi connectivity index (χ2n) is 5.12. The molecule has 0 bridgehead atoms. The Balaban J connectivity index is 1.76. The molecule has 22 heavy (non-hydrogen) atoms. The van der Waals surface area contributed by atoms with Crippen LogP contribution in [0, 0.1) is 0 Å². The lowest BCUT2D eigenvalue weighted by molar-refractivity contribution is -0.126. The third-order valence-electron chi connectivity index (χ3n) is 3.72. The molecule has 2 aromatic heterocycles. The van der Waals surface area contributed by atoms with Crippen LogP contribution in [0.2, 0.25) is 0 Å². The number of hydrogen-bond acceptors (Lipinski definition) is 5. The molecule has 114 valence electrons. The second kappa shape index (κ2) is 6.70. The standard InChI is InChI=1S/C16H18N4OS/c1-17-15-11-18-10-13(19-15)14-5-2-8-20(14)16(21)7-6-12-4-3-9-22-12/h3-4,6-7,9-11,14H,2,5,8H2,1H3,(H,17,19)/b7-6+/t14-/m1/s1. The van der Waals surface area contributed by atoms with E-state index in [1.807, 2.05) is 35.5 Å². The average Bonchev–Trinajstić information content (AvgIpc) is 3.24. The molecule has 1 atom stereocenters. The molecule has 1 aliphatic heterocycles. The molecule has 0 aliphatic carbocycles. The summed E-state index contributed by atoms with van der Waals surface area (Å²) < 4.78 is 0. The van der Waals surface area contributed by atoms with Crippen LogP contribution in [-0.4, -0.2) is 34.4 Å². The quantitative estimate of drug-likeness (QED) is 0.882. The number of hydrogen-bond donors (Lipinski definition) is 1. The fourth-order valence-corrected chi connectivity index (χ4v) is 3.25. The number of anilines is 1. The van der Waals surface area contributed by atoms with E-state index in [2.05, 4.69) is 15.3 Å². The van der Waals surface area contributed by atoms with Crippen molar-refractivity contribution in [2.75, 3.05) is 18.9 Å². The minimum Gasteiger partial charge on any atom is -0.372 e. The molecule has 0 unspecified atom stereocenters. The number of thiophene rings is 1. The molecule has 3 heterocycles. The third kappa shape index (κ3) is 3.17. The van der Waals surface area contributed by atoms with Crippen molar-refractivity contribution >= 4 is 29.1 Å². The van der Waals surface area contributed by atoms with Crippen LogP contribution in [0.3, 0.4) is 0 Å². The van der Waals surface area contributed by atoms with Crippen molar-refractivity contribution < 1.29 is 4.79 Å². The largest absolute Gasteiger partial charge is 0.372 e. The molecule has 1 saturated heterocycles. The summed E-state index contributed by atoms with van der Waals surface area (Å²) in [5, 5.41) is 4.99. The number of nitrogens with one attached hydrogen (secondary N) is 1. The monoisotopic (exact) mass is 314 g/mol. The number of rotatable bonds is 4. The van der Waals surface area contributed by atoms with Crippen molar-refractivity contribution in [1.82, 2.24) is 14.9 Å². The van der Waals surface area contributed by atoms with E-state index in [9.17, 15) is 4.79 Å². The molecule has 0 aromatic carbocycles. The van der Waals surface area contributed by atoms with Crippen molar-refractivity contribution in [3.63, 3.8) is 0 Å². The van der Waals surface area contributed by atoms with Crippen LogP contribution in [0.15, 0.2) is 36.0 Å². The van der Waals surface area contributed by atoms with Crippen LogP contribution in [0.4, 0.5) is 5.82 Å². The maximum atomic E-state index is 12.5. The number of aromatic nitrogens is 2. The van der Waals surface area contributed by atoms with Gasteiger partial charge in [-0.05, 0) is 30.4 Å². The van der Waals surface area contributed by atoms with Gasteiger partial charge in [0.25, 0.3) is 0 Å². The molecule has 3 rings (SSSR count). The summed E-state index contributed by atoms with van der Waals surface area (Å²) in [6.45, 7) is 0.768. The van der Waals surface area contributed by atoms with Crippen molar-refractivity contribution in [3.05, 3.63) is 46.6 Å². The van der Waals surface area contributed by atoms with Gasteiger partial charge in [0.1, 0.15) is 5.82 Å². The SMILES string of the molecule is CNc1cncc([C@H]2CCCN2C(=O)/C=C/c2cccs2)n1. The van der Waals surface area contributed by atoms with E-state index < -0.39 is 0 Å². The molecule has 6 heteroatoms. The van der Waals surface area contributed by atoms with Gasteiger partial charge in [-0.2, -0.15) is 0 Å². The Morgan fingerprint density at radius 3 is 3.18 bits per heavy atom. The van der Waals surface area contributed by atoms with Crippen LogP contribution in [-0.2, 0) is 4.79 Å². The van der Waals surface area contributed by atoms with Crippen molar-refractivity contribution in [2.24, 2.45) is 0 Å². The predicted octanol–water partition coefficient (Wildman–Crippen LogP) is 2.96. The fraction of sp³-hybridized carbons (Fsp3) is 0.312. The highest BCUT2D eigenvalue weighted by atomic mass is 32.1. The number of nitrogens with zero attached hydrogens (tertiary/aromatic N) is 3. The average molecular weight is 314 g/mol. The van der Waals surface area contributed by atoms with Gasteiger partial charge >= 0.3 is 0 Å². The second-order valence-corrected chi connectivity index (χ2v) is 6.10. The molecule has 2 aromatic rings. The molecule has 0 spiro atoms. The predicted molar refractivity (Wildman–Crippen MR) is 88.6 cm³/mol. The van der Waals surface area contributed by atoms with E-state index in [4.69, 9.17) is 0 Å². The normalized spacial score (nSPS) is 18.0. The first-order valence-corrected chi connectivity index (χ1v) is 8.18. The molecule has 1 aliphatic rings. The molecule has 1 amide bonds. The fourth-order valence-electron chi connectivity index (χ4n) is 2.64. The maximum Gasteiger partial charge on any atom is 0.247 e. The number of carbonyl (C=O) groups excluding carboxylic acids is 1. The van der Waals surface area contributed by atoms with Gasteiger partial charge in [-0.25, -0.2) is 4.98 Å². The highest BCUT2D eigenvalue weighted by Crippen LogP contribution is 2.31. The highest BCUT2D eigenvalue weighted by Gasteiger charge is 2.30. The van der Waals surface area contributed by atoms with Gasteiger partial charge in [0, 0.05) is 24.5 Å². The smallest absolute Gasteiger partial charge is 0.247 e. The number of amides is 1. The zero-order valence-corrected chi connectivity index (χ0v) is 13.2. The minimum absolute atomic E-state index is 0.0151. The first-order valence-electron chi connectivity index (χ1n) is 7.30. The molecule has 5 nitrogen and oxygen atoms in total. The van der Waals surface area contributed by atoms with Gasteiger partial charge in [0.2, 0.25) is 5.91 Å². The molecule has 1 N–H and O–H groups in total. The Labute approximate surface area is 133 Å². The Morgan fingerprint density at radius 2 is 2.41 bits per heavy atom.